The molecule has 0 bridgehead atoms. The molecule has 3 rings (SSSR count). The number of amides is 2. The van der Waals surface area contributed by atoms with Gasteiger partial charge in [-0.1, -0.05) is 19.1 Å². The Morgan fingerprint density at radius 3 is 3.04 bits per heavy atom. The summed E-state index contributed by atoms with van der Waals surface area (Å²) in [7, 11) is 1.77. The van der Waals surface area contributed by atoms with Gasteiger partial charge < -0.3 is 10.6 Å². The van der Waals surface area contributed by atoms with E-state index in [4.69, 9.17) is 0 Å². The average Bonchev–Trinajstić information content (AvgIpc) is 2.93. The van der Waals surface area contributed by atoms with E-state index in [-0.39, 0.29) is 23.8 Å². The molecule has 0 radical (unpaired) electrons. The third kappa shape index (κ3) is 3.18. The molecule has 122 valence electrons. The Balaban J connectivity index is 1.68. The van der Waals surface area contributed by atoms with Gasteiger partial charge in [-0.05, 0) is 36.0 Å². The van der Waals surface area contributed by atoms with E-state index in [1.165, 1.54) is 12.4 Å². The molecule has 2 N–H and O–H groups in total. The van der Waals surface area contributed by atoms with Gasteiger partial charge in [0, 0.05) is 7.05 Å². The maximum absolute atomic E-state index is 13.9. The summed E-state index contributed by atoms with van der Waals surface area (Å²) in [6.45, 7) is 2.36. The summed E-state index contributed by atoms with van der Waals surface area (Å²) in [6.07, 6.45) is 3.00. The van der Waals surface area contributed by atoms with Crippen molar-refractivity contribution in [3.8, 4) is 0 Å². The van der Waals surface area contributed by atoms with Gasteiger partial charge in [0.05, 0.1) is 12.6 Å². The van der Waals surface area contributed by atoms with Crippen LogP contribution in [0.25, 0.3) is 0 Å². The van der Waals surface area contributed by atoms with Crippen molar-refractivity contribution >= 4 is 6.03 Å². The third-order valence-electron chi connectivity index (χ3n) is 4.41. The number of benzene rings is 1. The van der Waals surface area contributed by atoms with Crippen LogP contribution in [0.5, 0.6) is 0 Å². The first-order chi connectivity index (χ1) is 11.1. The minimum atomic E-state index is -0.290. The van der Waals surface area contributed by atoms with E-state index in [2.05, 4.69) is 27.6 Å². The molecular formula is C16H20FN5O. The maximum Gasteiger partial charge on any atom is 0.315 e. The number of aromatic nitrogens is 3. The van der Waals surface area contributed by atoms with E-state index in [1.54, 1.807) is 17.8 Å². The Morgan fingerprint density at radius 2 is 2.30 bits per heavy atom. The fourth-order valence-corrected chi connectivity index (χ4v) is 3.03. The quantitative estimate of drug-likeness (QED) is 0.910. The SMILES string of the molecule is CC1CCc2c(F)cccc2C1NC(=O)NCc1ncnn1C. The van der Waals surface area contributed by atoms with Crippen LogP contribution in [-0.2, 0) is 20.0 Å². The number of rotatable bonds is 3. The van der Waals surface area contributed by atoms with E-state index in [9.17, 15) is 9.18 Å². The Hall–Kier alpha value is -2.44. The van der Waals surface area contributed by atoms with Crippen molar-refractivity contribution in [2.45, 2.75) is 32.4 Å². The molecule has 1 aliphatic carbocycles. The van der Waals surface area contributed by atoms with Crippen LogP contribution in [0.1, 0.15) is 36.3 Å². The minimum absolute atomic E-state index is 0.186. The van der Waals surface area contributed by atoms with Crippen LogP contribution in [0.2, 0.25) is 0 Å². The van der Waals surface area contributed by atoms with E-state index < -0.39 is 0 Å². The van der Waals surface area contributed by atoms with Crippen molar-refractivity contribution in [1.29, 1.82) is 0 Å². The second-order valence-electron chi connectivity index (χ2n) is 5.93. The lowest BCUT2D eigenvalue weighted by Gasteiger charge is -2.32. The van der Waals surface area contributed by atoms with Crippen molar-refractivity contribution < 1.29 is 9.18 Å². The molecular weight excluding hydrogens is 297 g/mol. The molecule has 2 atom stereocenters. The Kier molecular flexibility index (Phi) is 4.27. The van der Waals surface area contributed by atoms with Crippen LogP contribution < -0.4 is 10.6 Å². The van der Waals surface area contributed by atoms with E-state index in [1.807, 2.05) is 6.07 Å². The summed E-state index contributed by atoms with van der Waals surface area (Å²) in [5.41, 5.74) is 1.58. The summed E-state index contributed by atoms with van der Waals surface area (Å²) in [5.74, 6) is 0.730. The summed E-state index contributed by atoms with van der Waals surface area (Å²) in [6, 6.07) is 4.58. The molecule has 0 saturated heterocycles. The summed E-state index contributed by atoms with van der Waals surface area (Å²) < 4.78 is 15.5. The van der Waals surface area contributed by atoms with Crippen LogP contribution in [-0.4, -0.2) is 20.8 Å². The number of nitrogens with one attached hydrogen (secondary N) is 2. The molecule has 1 aromatic carbocycles. The lowest BCUT2D eigenvalue weighted by atomic mass is 9.80. The van der Waals surface area contributed by atoms with E-state index in [0.717, 1.165) is 12.0 Å². The number of carbonyl (C=O) groups excluding carboxylic acids is 1. The number of carbonyl (C=O) groups is 1. The highest BCUT2D eigenvalue weighted by Gasteiger charge is 2.29. The lowest BCUT2D eigenvalue weighted by Crippen LogP contribution is -2.41. The highest BCUT2D eigenvalue weighted by atomic mass is 19.1. The highest BCUT2D eigenvalue weighted by molar-refractivity contribution is 5.74. The molecule has 7 heteroatoms. The number of urea groups is 1. The van der Waals surface area contributed by atoms with Gasteiger partial charge in [0.1, 0.15) is 18.0 Å². The summed E-state index contributed by atoms with van der Waals surface area (Å²) >= 11 is 0. The molecule has 0 spiro atoms. The number of fused-ring (bicyclic) bond motifs is 1. The zero-order chi connectivity index (χ0) is 16.4. The summed E-state index contributed by atoms with van der Waals surface area (Å²) in [4.78, 5) is 16.2. The highest BCUT2D eigenvalue weighted by Crippen LogP contribution is 2.35. The first kappa shape index (κ1) is 15.5. The molecule has 0 saturated carbocycles. The third-order valence-corrected chi connectivity index (χ3v) is 4.41. The normalized spacial score (nSPS) is 20.0. The van der Waals surface area contributed by atoms with Crippen molar-refractivity contribution in [1.82, 2.24) is 25.4 Å². The number of nitrogens with zero attached hydrogens (tertiary/aromatic N) is 3. The Bertz CT molecular complexity index is 714. The molecule has 0 aliphatic heterocycles. The number of hydrogen-bond donors (Lipinski definition) is 2. The monoisotopic (exact) mass is 317 g/mol. The molecule has 2 unspecified atom stereocenters. The van der Waals surface area contributed by atoms with Gasteiger partial charge in [-0.25, -0.2) is 14.2 Å². The van der Waals surface area contributed by atoms with Gasteiger partial charge in [0.25, 0.3) is 0 Å². The maximum atomic E-state index is 13.9. The Labute approximate surface area is 134 Å². The van der Waals surface area contributed by atoms with Gasteiger partial charge in [0.15, 0.2) is 0 Å². The van der Waals surface area contributed by atoms with Gasteiger partial charge in [-0.3, -0.25) is 4.68 Å². The molecule has 1 heterocycles. The van der Waals surface area contributed by atoms with E-state index in [0.29, 0.717) is 24.4 Å². The Morgan fingerprint density at radius 1 is 1.48 bits per heavy atom. The van der Waals surface area contributed by atoms with Crippen LogP contribution in [0.4, 0.5) is 9.18 Å². The van der Waals surface area contributed by atoms with E-state index >= 15 is 0 Å². The smallest absolute Gasteiger partial charge is 0.315 e. The fraction of sp³-hybridized carbons (Fsp3) is 0.438. The first-order valence-electron chi connectivity index (χ1n) is 7.70. The average molecular weight is 317 g/mol. The van der Waals surface area contributed by atoms with Crippen molar-refractivity contribution in [3.05, 3.63) is 47.3 Å². The number of aryl methyl sites for hydroxylation is 1. The molecule has 23 heavy (non-hydrogen) atoms. The van der Waals surface area contributed by atoms with Crippen LogP contribution >= 0.6 is 0 Å². The lowest BCUT2D eigenvalue weighted by molar-refractivity contribution is 0.228. The predicted molar refractivity (Wildman–Crippen MR) is 83.0 cm³/mol. The minimum Gasteiger partial charge on any atom is -0.331 e. The number of halogens is 1. The van der Waals surface area contributed by atoms with Crippen LogP contribution in [0.15, 0.2) is 24.5 Å². The van der Waals surface area contributed by atoms with Crippen LogP contribution in [0, 0.1) is 11.7 Å². The standard InChI is InChI=1S/C16H20FN5O/c1-10-6-7-11-12(4-3-5-13(11)17)15(10)21-16(23)18-8-14-19-9-20-22(14)2/h3-5,9-10,15H,6-8H2,1-2H3,(H2,18,21,23). The zero-order valence-corrected chi connectivity index (χ0v) is 13.2. The number of hydrogen-bond acceptors (Lipinski definition) is 3. The molecule has 1 aliphatic rings. The largest absolute Gasteiger partial charge is 0.331 e. The fourth-order valence-electron chi connectivity index (χ4n) is 3.03. The van der Waals surface area contributed by atoms with Gasteiger partial charge in [0.2, 0.25) is 0 Å². The van der Waals surface area contributed by atoms with Crippen molar-refractivity contribution in [3.63, 3.8) is 0 Å². The van der Waals surface area contributed by atoms with Gasteiger partial charge in [-0.15, -0.1) is 0 Å². The van der Waals surface area contributed by atoms with Gasteiger partial charge in [-0.2, -0.15) is 5.10 Å². The second-order valence-corrected chi connectivity index (χ2v) is 5.93. The molecule has 6 nitrogen and oxygen atoms in total. The molecule has 2 amide bonds. The zero-order valence-electron chi connectivity index (χ0n) is 13.2. The van der Waals surface area contributed by atoms with Crippen LogP contribution in [0.3, 0.4) is 0 Å². The molecule has 0 fully saturated rings. The van der Waals surface area contributed by atoms with Crippen molar-refractivity contribution in [2.75, 3.05) is 0 Å². The van der Waals surface area contributed by atoms with Gasteiger partial charge >= 0.3 is 6.03 Å². The predicted octanol–water partition coefficient (Wildman–Crippen LogP) is 2.08. The molecule has 2 aromatic rings. The molecule has 1 aromatic heterocycles. The second kappa shape index (κ2) is 6.36. The van der Waals surface area contributed by atoms with Crippen molar-refractivity contribution in [2.24, 2.45) is 13.0 Å². The topological polar surface area (TPSA) is 71.8 Å². The first-order valence-corrected chi connectivity index (χ1v) is 7.70. The summed E-state index contributed by atoms with van der Waals surface area (Å²) in [5, 5.41) is 9.69.